The van der Waals surface area contributed by atoms with Crippen molar-refractivity contribution in [3.8, 4) is 113 Å². The van der Waals surface area contributed by atoms with Crippen LogP contribution in [-0.2, 0) is 0 Å². The first kappa shape index (κ1) is 52.1. The summed E-state index contributed by atoms with van der Waals surface area (Å²) >= 11 is 0. The average Bonchev–Trinajstić information content (AvgIpc) is 1.57. The molecule has 0 saturated carbocycles. The molecule has 0 bridgehead atoms. The van der Waals surface area contributed by atoms with Gasteiger partial charge in [0.1, 0.15) is 55.9 Å². The number of rotatable bonds is 9. The van der Waals surface area contributed by atoms with E-state index in [-0.39, 0.29) is 0 Å². The minimum absolute atomic E-state index is 0.431. The van der Waals surface area contributed by atoms with E-state index in [1.165, 1.54) is 0 Å². The lowest BCUT2D eigenvalue weighted by molar-refractivity contribution is 0.667. The Bertz CT molecular complexity index is 6150. The second-order valence-electron chi connectivity index (χ2n) is 22.9. The number of aromatic nitrogens is 4. The lowest BCUT2D eigenvalue weighted by atomic mass is 9.93. The third-order valence-corrected chi connectivity index (χ3v) is 17.6. The molecule has 0 atom stereocenters. The maximum Gasteiger partial charge on any atom is 0.180 e. The van der Waals surface area contributed by atoms with Crippen LogP contribution >= 0.6 is 0 Å². The number of furan rings is 4. The van der Waals surface area contributed by atoms with Gasteiger partial charge < -0.3 is 17.7 Å². The largest absolute Gasteiger partial charge is 0.455 e. The molecule has 92 heavy (non-hydrogen) atoms. The Kier molecular flexibility index (Phi) is 11.8. The predicted molar refractivity (Wildman–Crippen MR) is 365 cm³/mol. The molecular formula is C82H44N6O4. The van der Waals surface area contributed by atoms with Gasteiger partial charge in [0, 0.05) is 65.7 Å². The van der Waals surface area contributed by atoms with Gasteiger partial charge in [-0.05, 0) is 129 Å². The second-order valence-corrected chi connectivity index (χ2v) is 22.9. The van der Waals surface area contributed by atoms with Crippen molar-refractivity contribution in [1.82, 2.24) is 19.9 Å². The van der Waals surface area contributed by atoms with Gasteiger partial charge >= 0.3 is 0 Å². The fourth-order valence-electron chi connectivity index (χ4n) is 13.3. The van der Waals surface area contributed by atoms with Crippen LogP contribution in [0.25, 0.3) is 189 Å². The Morgan fingerprint density at radius 3 is 1.24 bits per heavy atom. The monoisotopic (exact) mass is 1180 g/mol. The molecule has 0 saturated heterocycles. The summed E-state index contributed by atoms with van der Waals surface area (Å²) in [7, 11) is 0. The Labute approximate surface area is 524 Å². The van der Waals surface area contributed by atoms with Crippen LogP contribution in [0.1, 0.15) is 11.1 Å². The summed E-state index contributed by atoms with van der Waals surface area (Å²) in [6.45, 7) is 0. The molecule has 18 rings (SSSR count). The molecule has 0 N–H and O–H groups in total. The standard InChI is InChI=1S/C82H44N6O4/c83-45-47-17-14-24-54(39-47)73-79-74(58-25-10-12-29-67(58)89-79)86-81(85-73)60-27-15-31-69-71(60)66-44-57(49-20-6-2-7-21-49)42-64(78(66)92-69)52-35-33-50(34-36-52)53-37-38-55(46-84)62(40-53)76-80-75(59-26-11-13-30-68(59)90-80)87-82(88-76)61-28-16-32-70-72(61)65-43-56(48-18-4-1-5-19-48)41-63(77(65)91-70)51-22-8-3-9-23-51/h1-44H. The van der Waals surface area contributed by atoms with Gasteiger partial charge in [0.05, 0.1) is 23.3 Å². The molecule has 0 fully saturated rings. The van der Waals surface area contributed by atoms with Crippen molar-refractivity contribution in [2.75, 3.05) is 0 Å². The van der Waals surface area contributed by atoms with Gasteiger partial charge in [-0.1, -0.05) is 182 Å². The van der Waals surface area contributed by atoms with E-state index < -0.39 is 0 Å². The van der Waals surface area contributed by atoms with E-state index in [4.69, 9.17) is 37.6 Å². The summed E-state index contributed by atoms with van der Waals surface area (Å²) in [5.41, 5.74) is 21.3. The highest BCUT2D eigenvalue weighted by Crippen LogP contribution is 2.47. The lowest BCUT2D eigenvalue weighted by Crippen LogP contribution is -1.96. The van der Waals surface area contributed by atoms with Crippen molar-refractivity contribution in [3.05, 3.63) is 278 Å². The van der Waals surface area contributed by atoms with Gasteiger partial charge in [-0.3, -0.25) is 0 Å². The number of hydrogen-bond donors (Lipinski definition) is 0. The molecule has 0 radical (unpaired) electrons. The van der Waals surface area contributed by atoms with Gasteiger partial charge in [0.15, 0.2) is 22.8 Å². The molecular weight excluding hydrogens is 1130 g/mol. The van der Waals surface area contributed by atoms with Crippen molar-refractivity contribution in [3.63, 3.8) is 0 Å². The molecule has 0 aliphatic rings. The van der Waals surface area contributed by atoms with Gasteiger partial charge in [-0.15, -0.1) is 0 Å². The van der Waals surface area contributed by atoms with E-state index in [9.17, 15) is 10.5 Å². The lowest BCUT2D eigenvalue weighted by Gasteiger charge is -2.12. The third-order valence-electron chi connectivity index (χ3n) is 17.6. The Morgan fingerprint density at radius 1 is 0.261 bits per heavy atom. The molecule has 6 aromatic heterocycles. The van der Waals surface area contributed by atoms with Crippen LogP contribution in [0.3, 0.4) is 0 Å². The quantitative estimate of drug-likeness (QED) is 0.137. The maximum absolute atomic E-state index is 11.0. The molecule has 0 aliphatic carbocycles. The van der Waals surface area contributed by atoms with Crippen LogP contribution < -0.4 is 0 Å². The number of benzene rings is 12. The molecule has 10 nitrogen and oxygen atoms in total. The van der Waals surface area contributed by atoms with E-state index in [2.05, 4.69) is 109 Å². The number of hydrogen-bond acceptors (Lipinski definition) is 10. The van der Waals surface area contributed by atoms with Gasteiger partial charge in [0.2, 0.25) is 0 Å². The molecule has 12 aromatic carbocycles. The molecule has 18 aromatic rings. The second kappa shape index (κ2) is 20.8. The zero-order chi connectivity index (χ0) is 61.0. The van der Waals surface area contributed by atoms with E-state index in [1.54, 1.807) is 6.07 Å². The van der Waals surface area contributed by atoms with Crippen molar-refractivity contribution < 1.29 is 17.7 Å². The number of nitriles is 2. The number of nitrogens with zero attached hydrogens (tertiary/aromatic N) is 6. The van der Waals surface area contributed by atoms with E-state index in [1.807, 2.05) is 164 Å². The van der Waals surface area contributed by atoms with E-state index >= 15 is 0 Å². The first-order valence-electron chi connectivity index (χ1n) is 30.2. The SMILES string of the molecule is N#Cc1cccc(-c2nc(-c3cccc4oc5c(-c6ccc(-c7ccc(C#N)c(-c8nc(-c9cccc%10oc%11c(-c%12ccccc%12)cc(-c%12ccccc%12)cc%11c9%10)nc9c8oc8ccccc89)c7)cc6)cc(-c6ccccc6)cc5c34)nc3c2oc2ccccc23)c1. The van der Waals surface area contributed by atoms with Crippen molar-refractivity contribution in [2.24, 2.45) is 0 Å². The van der Waals surface area contributed by atoms with Gasteiger partial charge in [-0.25, -0.2) is 19.9 Å². The first-order valence-corrected chi connectivity index (χ1v) is 30.2. The smallest absolute Gasteiger partial charge is 0.180 e. The van der Waals surface area contributed by atoms with Crippen LogP contribution in [0, 0.1) is 22.7 Å². The molecule has 0 spiro atoms. The summed E-state index contributed by atoms with van der Waals surface area (Å²) in [6.07, 6.45) is 0. The Balaban J connectivity index is 0.786. The Hall–Kier alpha value is -13.0. The number of fused-ring (bicyclic) bond motifs is 12. The molecule has 426 valence electrons. The first-order chi connectivity index (χ1) is 45.5. The van der Waals surface area contributed by atoms with Gasteiger partial charge in [0.25, 0.3) is 0 Å². The van der Waals surface area contributed by atoms with Gasteiger partial charge in [-0.2, -0.15) is 10.5 Å². The van der Waals surface area contributed by atoms with Crippen molar-refractivity contribution in [2.45, 2.75) is 0 Å². The zero-order valence-electron chi connectivity index (χ0n) is 48.7. The molecule has 0 amide bonds. The molecule has 0 unspecified atom stereocenters. The summed E-state index contributed by atoms with van der Waals surface area (Å²) in [5, 5.41) is 26.2. The van der Waals surface area contributed by atoms with Crippen molar-refractivity contribution >= 4 is 88.0 Å². The number of para-hydroxylation sites is 2. The molecule has 10 heteroatoms. The van der Waals surface area contributed by atoms with Crippen LogP contribution in [0.4, 0.5) is 0 Å². The highest BCUT2D eigenvalue weighted by Gasteiger charge is 2.27. The summed E-state index contributed by atoms with van der Waals surface area (Å²) in [4.78, 5) is 21.4. The minimum atomic E-state index is 0.431. The zero-order valence-corrected chi connectivity index (χ0v) is 48.7. The fraction of sp³-hybridized carbons (Fsp3) is 0. The molecule has 6 heterocycles. The van der Waals surface area contributed by atoms with Crippen LogP contribution in [0.2, 0.25) is 0 Å². The summed E-state index contributed by atoms with van der Waals surface area (Å²) in [6, 6.07) is 94.1. The maximum atomic E-state index is 11.0. The summed E-state index contributed by atoms with van der Waals surface area (Å²) in [5.74, 6) is 0.956. The van der Waals surface area contributed by atoms with E-state index in [0.717, 1.165) is 110 Å². The summed E-state index contributed by atoms with van der Waals surface area (Å²) < 4.78 is 27.1. The highest BCUT2D eigenvalue weighted by atomic mass is 16.3. The topological polar surface area (TPSA) is 152 Å². The van der Waals surface area contributed by atoms with Crippen LogP contribution in [0.15, 0.2) is 285 Å². The normalized spacial score (nSPS) is 11.7. The minimum Gasteiger partial charge on any atom is -0.455 e. The fourth-order valence-corrected chi connectivity index (χ4v) is 13.3. The van der Waals surface area contributed by atoms with Crippen molar-refractivity contribution in [1.29, 1.82) is 10.5 Å². The van der Waals surface area contributed by atoms with Crippen LogP contribution in [-0.4, -0.2) is 19.9 Å². The molecule has 0 aliphatic heterocycles. The highest BCUT2D eigenvalue weighted by molar-refractivity contribution is 6.19. The van der Waals surface area contributed by atoms with Crippen LogP contribution in [0.5, 0.6) is 0 Å². The predicted octanol–water partition coefficient (Wildman–Crippen LogP) is 21.6. The average molecular weight is 1180 g/mol. The van der Waals surface area contributed by atoms with E-state index in [0.29, 0.717) is 89.8 Å². The Morgan fingerprint density at radius 2 is 0.685 bits per heavy atom. The third kappa shape index (κ3) is 8.40.